The first-order chi connectivity index (χ1) is 11.0. The summed E-state index contributed by atoms with van der Waals surface area (Å²) >= 11 is 0. The number of hydrogen-bond acceptors (Lipinski definition) is 4. The molecular formula is C17H22N2O4. The van der Waals surface area contributed by atoms with Crippen LogP contribution in [-0.4, -0.2) is 54.6 Å². The molecule has 0 aliphatic carbocycles. The normalized spacial score (nSPS) is 16.8. The molecule has 2 amide bonds. The Morgan fingerprint density at radius 1 is 1.04 bits per heavy atom. The fraction of sp³-hybridized carbons (Fsp3) is 0.529. The molecule has 2 aliphatic rings. The highest BCUT2D eigenvalue weighted by Crippen LogP contribution is 2.32. The summed E-state index contributed by atoms with van der Waals surface area (Å²) in [4.78, 5) is 28.1. The van der Waals surface area contributed by atoms with Gasteiger partial charge in [0.05, 0.1) is 6.42 Å². The SMILES string of the molecule is CC(C)C(=O)N1CCN(C(=O)Cc2ccc3c(c2)OCO3)CC1. The second-order valence-corrected chi connectivity index (χ2v) is 6.23. The first-order valence-electron chi connectivity index (χ1n) is 7.99. The lowest BCUT2D eigenvalue weighted by Gasteiger charge is -2.35. The average Bonchev–Trinajstić information content (AvgIpc) is 3.01. The zero-order chi connectivity index (χ0) is 16.4. The van der Waals surface area contributed by atoms with E-state index < -0.39 is 0 Å². The minimum atomic E-state index is 0.00545. The van der Waals surface area contributed by atoms with Gasteiger partial charge in [-0.05, 0) is 17.7 Å². The molecule has 0 N–H and O–H groups in total. The van der Waals surface area contributed by atoms with Crippen LogP contribution >= 0.6 is 0 Å². The van der Waals surface area contributed by atoms with Gasteiger partial charge in [0.25, 0.3) is 0 Å². The molecule has 23 heavy (non-hydrogen) atoms. The Bertz CT molecular complexity index is 607. The topological polar surface area (TPSA) is 59.1 Å². The molecule has 0 atom stereocenters. The lowest BCUT2D eigenvalue weighted by Crippen LogP contribution is -2.51. The molecular weight excluding hydrogens is 296 g/mol. The maximum Gasteiger partial charge on any atom is 0.231 e. The second kappa shape index (κ2) is 6.48. The largest absolute Gasteiger partial charge is 0.454 e. The molecule has 124 valence electrons. The van der Waals surface area contributed by atoms with Crippen LogP contribution in [0.15, 0.2) is 18.2 Å². The predicted molar refractivity (Wildman–Crippen MR) is 84.3 cm³/mol. The van der Waals surface area contributed by atoms with Crippen molar-refractivity contribution in [2.45, 2.75) is 20.3 Å². The van der Waals surface area contributed by atoms with Crippen molar-refractivity contribution in [2.75, 3.05) is 33.0 Å². The highest BCUT2D eigenvalue weighted by molar-refractivity contribution is 5.80. The molecule has 0 radical (unpaired) electrons. The van der Waals surface area contributed by atoms with Crippen molar-refractivity contribution in [1.82, 2.24) is 9.80 Å². The van der Waals surface area contributed by atoms with Crippen LogP contribution in [0.1, 0.15) is 19.4 Å². The third kappa shape index (κ3) is 3.41. The van der Waals surface area contributed by atoms with Gasteiger partial charge in [-0.2, -0.15) is 0 Å². The van der Waals surface area contributed by atoms with Gasteiger partial charge in [0.1, 0.15) is 0 Å². The minimum Gasteiger partial charge on any atom is -0.454 e. The molecule has 6 heteroatoms. The molecule has 2 heterocycles. The van der Waals surface area contributed by atoms with E-state index in [0.29, 0.717) is 38.3 Å². The van der Waals surface area contributed by atoms with E-state index in [2.05, 4.69) is 0 Å². The first kappa shape index (κ1) is 15.6. The van der Waals surface area contributed by atoms with Gasteiger partial charge in [-0.1, -0.05) is 19.9 Å². The van der Waals surface area contributed by atoms with E-state index in [0.717, 1.165) is 11.3 Å². The third-order valence-electron chi connectivity index (χ3n) is 4.23. The van der Waals surface area contributed by atoms with Crippen molar-refractivity contribution >= 4 is 11.8 Å². The number of piperazine rings is 1. The number of amides is 2. The zero-order valence-corrected chi connectivity index (χ0v) is 13.6. The van der Waals surface area contributed by atoms with Crippen LogP contribution in [0.3, 0.4) is 0 Å². The molecule has 0 unspecified atom stereocenters. The molecule has 2 aliphatic heterocycles. The van der Waals surface area contributed by atoms with Crippen LogP contribution in [0.4, 0.5) is 0 Å². The van der Waals surface area contributed by atoms with Crippen LogP contribution in [0.5, 0.6) is 11.5 Å². The summed E-state index contributed by atoms with van der Waals surface area (Å²) in [5.41, 5.74) is 0.917. The molecule has 0 spiro atoms. The van der Waals surface area contributed by atoms with Crippen molar-refractivity contribution in [3.8, 4) is 11.5 Å². The number of fused-ring (bicyclic) bond motifs is 1. The highest BCUT2D eigenvalue weighted by Gasteiger charge is 2.25. The van der Waals surface area contributed by atoms with Gasteiger partial charge in [-0.15, -0.1) is 0 Å². The standard InChI is InChI=1S/C17H22N2O4/c1-12(2)17(21)19-7-5-18(6-8-19)16(20)10-13-3-4-14-15(9-13)23-11-22-14/h3-4,9,12H,5-8,10-11H2,1-2H3. The molecule has 1 fully saturated rings. The maximum absolute atomic E-state index is 12.4. The zero-order valence-electron chi connectivity index (χ0n) is 13.6. The van der Waals surface area contributed by atoms with Crippen LogP contribution in [-0.2, 0) is 16.0 Å². The summed E-state index contributed by atoms with van der Waals surface area (Å²) in [6.45, 7) is 6.47. The quantitative estimate of drug-likeness (QED) is 0.842. The van der Waals surface area contributed by atoms with Crippen molar-refractivity contribution in [3.63, 3.8) is 0 Å². The smallest absolute Gasteiger partial charge is 0.231 e. The lowest BCUT2D eigenvalue weighted by atomic mass is 10.1. The number of rotatable bonds is 3. The number of ether oxygens (including phenoxy) is 2. The van der Waals surface area contributed by atoms with Crippen molar-refractivity contribution in [2.24, 2.45) is 5.92 Å². The van der Waals surface area contributed by atoms with E-state index in [1.165, 1.54) is 0 Å². The summed E-state index contributed by atoms with van der Waals surface area (Å²) in [5, 5.41) is 0. The molecule has 1 aromatic rings. The fourth-order valence-electron chi connectivity index (χ4n) is 2.88. The van der Waals surface area contributed by atoms with Crippen molar-refractivity contribution in [3.05, 3.63) is 23.8 Å². The highest BCUT2D eigenvalue weighted by atomic mass is 16.7. The third-order valence-corrected chi connectivity index (χ3v) is 4.23. The summed E-state index contributed by atoms with van der Waals surface area (Å²) in [5.74, 6) is 1.67. The number of carbonyl (C=O) groups is 2. The molecule has 3 rings (SSSR count). The van der Waals surface area contributed by atoms with Gasteiger partial charge >= 0.3 is 0 Å². The summed E-state index contributed by atoms with van der Waals surface area (Å²) < 4.78 is 10.6. The van der Waals surface area contributed by atoms with Crippen LogP contribution < -0.4 is 9.47 Å². The molecule has 0 aromatic heterocycles. The Labute approximate surface area is 136 Å². The predicted octanol–water partition coefficient (Wildman–Crippen LogP) is 1.28. The van der Waals surface area contributed by atoms with E-state index in [1.54, 1.807) is 0 Å². The van der Waals surface area contributed by atoms with Gasteiger partial charge < -0.3 is 19.3 Å². The van der Waals surface area contributed by atoms with Gasteiger partial charge in [-0.25, -0.2) is 0 Å². The molecule has 0 bridgehead atoms. The molecule has 6 nitrogen and oxygen atoms in total. The molecule has 1 saturated heterocycles. The van der Waals surface area contributed by atoms with E-state index in [4.69, 9.17) is 9.47 Å². The lowest BCUT2D eigenvalue weighted by molar-refractivity contribution is -0.141. The van der Waals surface area contributed by atoms with Crippen molar-refractivity contribution in [1.29, 1.82) is 0 Å². The summed E-state index contributed by atoms with van der Waals surface area (Å²) in [7, 11) is 0. The Morgan fingerprint density at radius 3 is 2.39 bits per heavy atom. The van der Waals surface area contributed by atoms with Crippen LogP contribution in [0, 0.1) is 5.92 Å². The van der Waals surface area contributed by atoms with Crippen LogP contribution in [0.2, 0.25) is 0 Å². The Balaban J connectivity index is 1.55. The van der Waals surface area contributed by atoms with E-state index in [1.807, 2.05) is 41.8 Å². The van der Waals surface area contributed by atoms with Gasteiger partial charge in [0, 0.05) is 32.1 Å². The number of hydrogen-bond donors (Lipinski definition) is 0. The fourth-order valence-corrected chi connectivity index (χ4v) is 2.88. The molecule has 0 saturated carbocycles. The minimum absolute atomic E-state index is 0.00545. The summed E-state index contributed by atoms with van der Waals surface area (Å²) in [6, 6.07) is 5.59. The Hall–Kier alpha value is -2.24. The average molecular weight is 318 g/mol. The first-order valence-corrected chi connectivity index (χ1v) is 7.99. The van der Waals surface area contributed by atoms with Gasteiger partial charge in [0.15, 0.2) is 11.5 Å². The summed E-state index contributed by atoms with van der Waals surface area (Å²) in [6.07, 6.45) is 0.342. The Morgan fingerprint density at radius 2 is 1.70 bits per heavy atom. The maximum atomic E-state index is 12.4. The van der Waals surface area contributed by atoms with E-state index >= 15 is 0 Å². The Kier molecular flexibility index (Phi) is 4.41. The van der Waals surface area contributed by atoms with Gasteiger partial charge in [0.2, 0.25) is 18.6 Å². The molecule has 1 aromatic carbocycles. The monoisotopic (exact) mass is 318 g/mol. The number of nitrogens with zero attached hydrogens (tertiary/aromatic N) is 2. The second-order valence-electron chi connectivity index (χ2n) is 6.23. The van der Waals surface area contributed by atoms with E-state index in [9.17, 15) is 9.59 Å². The van der Waals surface area contributed by atoms with Gasteiger partial charge in [-0.3, -0.25) is 9.59 Å². The number of benzene rings is 1. The number of carbonyl (C=O) groups excluding carboxylic acids is 2. The van der Waals surface area contributed by atoms with E-state index in [-0.39, 0.29) is 24.5 Å². The van der Waals surface area contributed by atoms with Crippen LogP contribution in [0.25, 0.3) is 0 Å². The van der Waals surface area contributed by atoms with Crippen molar-refractivity contribution < 1.29 is 19.1 Å².